The number of phenolic OH excluding ortho intramolecular Hbond substituents is 1. The average Bonchev–Trinajstić information content (AvgIpc) is 3.15. The first-order valence-corrected chi connectivity index (χ1v) is 17.6. The number of esters is 1. The van der Waals surface area contributed by atoms with Crippen molar-refractivity contribution >= 4 is 29.2 Å². The van der Waals surface area contributed by atoms with Gasteiger partial charge < -0.3 is 56.3 Å². The van der Waals surface area contributed by atoms with E-state index in [0.717, 1.165) is 11.1 Å². The number of aromatic hydroxyl groups is 1. The molecular weight excluding hydrogens is 712 g/mol. The SMILES string of the molecule is CC(=O)Oc1cc(CO)c2c(c1C1=Cc3ccccc3CC1)C(=O)c1cc(OC3OC(C)C(O)C(O)(O)C3O)c(Cc3cccc(C(N)N)c3)c(O)c1C2=O. The van der Waals surface area contributed by atoms with E-state index in [9.17, 15) is 45.0 Å². The van der Waals surface area contributed by atoms with Crippen LogP contribution in [0.5, 0.6) is 17.2 Å². The molecule has 2 aliphatic carbocycles. The Hall–Kier alpha value is -5.29. The van der Waals surface area contributed by atoms with Crippen LogP contribution in [0.2, 0.25) is 0 Å². The molecule has 4 aromatic carbocycles. The van der Waals surface area contributed by atoms with Crippen molar-refractivity contribution < 1.29 is 59.2 Å². The van der Waals surface area contributed by atoms with Gasteiger partial charge in [0.2, 0.25) is 12.1 Å². The highest BCUT2D eigenvalue weighted by molar-refractivity contribution is 6.31. The number of ketones is 2. The second-order valence-electron chi connectivity index (χ2n) is 14.0. The normalized spacial score (nSPS) is 21.4. The van der Waals surface area contributed by atoms with E-state index in [4.69, 9.17) is 25.7 Å². The third kappa shape index (κ3) is 6.62. The molecule has 0 saturated carbocycles. The fraction of sp³-hybridized carbons (Fsp3) is 0.293. The Morgan fingerprint density at radius 3 is 2.38 bits per heavy atom. The molecule has 7 rings (SSSR count). The van der Waals surface area contributed by atoms with E-state index >= 15 is 0 Å². The second-order valence-corrected chi connectivity index (χ2v) is 14.0. The summed E-state index contributed by atoms with van der Waals surface area (Å²) in [7, 11) is 0. The number of rotatable bonds is 8. The maximum Gasteiger partial charge on any atom is 0.308 e. The van der Waals surface area contributed by atoms with Crippen LogP contribution in [0.15, 0.2) is 60.7 Å². The third-order valence-electron chi connectivity index (χ3n) is 10.3. The zero-order chi connectivity index (χ0) is 39.5. The molecule has 4 atom stereocenters. The Morgan fingerprint density at radius 1 is 0.927 bits per heavy atom. The van der Waals surface area contributed by atoms with Gasteiger partial charge in [0.1, 0.15) is 23.4 Å². The van der Waals surface area contributed by atoms with Crippen molar-refractivity contribution in [2.75, 3.05) is 0 Å². The molecule has 4 aromatic rings. The van der Waals surface area contributed by atoms with Crippen LogP contribution in [0.25, 0.3) is 11.6 Å². The molecule has 55 heavy (non-hydrogen) atoms. The molecular formula is C41H40N2O12. The van der Waals surface area contributed by atoms with Gasteiger partial charge in [-0.05, 0) is 65.3 Å². The lowest BCUT2D eigenvalue weighted by molar-refractivity contribution is -0.371. The molecule has 4 unspecified atom stereocenters. The molecule has 3 aliphatic rings. The molecule has 0 spiro atoms. The third-order valence-corrected chi connectivity index (χ3v) is 10.3. The van der Waals surface area contributed by atoms with Gasteiger partial charge in [-0.2, -0.15) is 0 Å². The number of benzene rings is 4. The Bertz CT molecular complexity index is 2280. The summed E-state index contributed by atoms with van der Waals surface area (Å²) in [6.45, 7) is 1.78. The first-order valence-electron chi connectivity index (χ1n) is 17.6. The van der Waals surface area contributed by atoms with Crippen molar-refractivity contribution in [2.24, 2.45) is 11.5 Å². The maximum atomic E-state index is 14.9. The van der Waals surface area contributed by atoms with Gasteiger partial charge in [-0.25, -0.2) is 0 Å². The second kappa shape index (κ2) is 14.4. The number of carbonyl (C=O) groups is 3. The topological polar surface area (TPSA) is 252 Å². The van der Waals surface area contributed by atoms with Crippen molar-refractivity contribution in [3.8, 4) is 17.2 Å². The number of nitrogens with two attached hydrogens (primary N) is 2. The zero-order valence-electron chi connectivity index (χ0n) is 29.9. The maximum absolute atomic E-state index is 14.9. The monoisotopic (exact) mass is 752 g/mol. The minimum Gasteiger partial charge on any atom is -0.507 e. The van der Waals surface area contributed by atoms with Gasteiger partial charge in [-0.1, -0.05) is 54.6 Å². The Morgan fingerprint density at radius 2 is 1.67 bits per heavy atom. The van der Waals surface area contributed by atoms with Gasteiger partial charge in [0, 0.05) is 41.2 Å². The quantitative estimate of drug-likeness (QED) is 0.0642. The zero-order valence-corrected chi connectivity index (χ0v) is 29.9. The van der Waals surface area contributed by atoms with Gasteiger partial charge in [0.15, 0.2) is 17.7 Å². The Kier molecular flexibility index (Phi) is 9.96. The van der Waals surface area contributed by atoms with Crippen LogP contribution in [0, 0.1) is 0 Å². The molecule has 0 amide bonds. The van der Waals surface area contributed by atoms with Crippen LogP contribution in [0.1, 0.15) is 97.2 Å². The lowest BCUT2D eigenvalue weighted by Gasteiger charge is -2.44. The highest BCUT2D eigenvalue weighted by Crippen LogP contribution is 2.47. The fourth-order valence-corrected chi connectivity index (χ4v) is 7.55. The first kappa shape index (κ1) is 38.0. The average molecular weight is 753 g/mol. The summed E-state index contributed by atoms with van der Waals surface area (Å²) in [4.78, 5) is 42.0. The van der Waals surface area contributed by atoms with Crippen molar-refractivity contribution in [1.82, 2.24) is 0 Å². The molecule has 1 fully saturated rings. The van der Waals surface area contributed by atoms with Gasteiger partial charge >= 0.3 is 5.97 Å². The summed E-state index contributed by atoms with van der Waals surface area (Å²) in [5.74, 6) is -6.37. The fourth-order valence-electron chi connectivity index (χ4n) is 7.55. The minimum atomic E-state index is -3.08. The van der Waals surface area contributed by atoms with E-state index < -0.39 is 72.0 Å². The van der Waals surface area contributed by atoms with Crippen molar-refractivity contribution in [1.29, 1.82) is 0 Å². The molecule has 1 aliphatic heterocycles. The molecule has 1 saturated heterocycles. The Labute approximate surface area is 314 Å². The van der Waals surface area contributed by atoms with Crippen molar-refractivity contribution in [3.63, 3.8) is 0 Å². The number of hydrogen-bond acceptors (Lipinski definition) is 14. The highest BCUT2D eigenvalue weighted by Gasteiger charge is 2.54. The number of allylic oxidation sites excluding steroid dienone is 1. The summed E-state index contributed by atoms with van der Waals surface area (Å²) in [6.07, 6.45) is -5.46. The number of aliphatic hydroxyl groups excluding tert-OH is 3. The van der Waals surface area contributed by atoms with Crippen LogP contribution >= 0.6 is 0 Å². The molecule has 14 heteroatoms. The number of ether oxygens (including phenoxy) is 3. The van der Waals surface area contributed by atoms with Crippen molar-refractivity contribution in [3.05, 3.63) is 122 Å². The van der Waals surface area contributed by atoms with E-state index in [1.54, 1.807) is 24.3 Å². The first-order chi connectivity index (χ1) is 26.1. The van der Waals surface area contributed by atoms with E-state index in [0.29, 0.717) is 29.5 Å². The number of fused-ring (bicyclic) bond motifs is 3. The number of aryl methyl sites for hydroxylation is 1. The minimum absolute atomic E-state index is 0.0183. The summed E-state index contributed by atoms with van der Waals surface area (Å²) in [5.41, 5.74) is 14.4. The van der Waals surface area contributed by atoms with E-state index in [-0.39, 0.29) is 51.3 Å². The van der Waals surface area contributed by atoms with Gasteiger partial charge in [0.25, 0.3) is 0 Å². The van der Waals surface area contributed by atoms with E-state index in [2.05, 4.69) is 0 Å². The van der Waals surface area contributed by atoms with E-state index in [1.807, 2.05) is 30.3 Å². The van der Waals surface area contributed by atoms with Crippen LogP contribution in [-0.2, 0) is 29.0 Å². The molecule has 0 bridgehead atoms. The van der Waals surface area contributed by atoms with Gasteiger partial charge in [-0.15, -0.1) is 0 Å². The number of aliphatic hydroxyl groups is 5. The van der Waals surface area contributed by atoms with Gasteiger partial charge in [-0.3, -0.25) is 14.4 Å². The molecule has 10 N–H and O–H groups in total. The smallest absolute Gasteiger partial charge is 0.308 e. The summed E-state index contributed by atoms with van der Waals surface area (Å²) in [6, 6.07) is 16.9. The molecule has 1 heterocycles. The standard InChI is InChI=1S/C41H40N2O12/c1-18-37(49)41(51,52)38(50)40(53-18)55-28-16-27-32(34(46)26(28)13-20-6-5-9-24(12-20)39(42)43)36(48)31-25(17-44)15-29(54-19(2)45)30(33(31)35(27)47)23-11-10-21-7-3-4-8-22(21)14-23/h3-9,12,14-16,18,37-40,44,46,49-52H,10-11,13,17,42-43H2,1-2H3. The predicted octanol–water partition coefficient (Wildman–Crippen LogP) is 2.11. The largest absolute Gasteiger partial charge is 0.507 e. The number of carbonyl (C=O) groups excluding carboxylic acids is 3. The molecule has 0 aromatic heterocycles. The van der Waals surface area contributed by atoms with E-state index in [1.165, 1.54) is 26.0 Å². The van der Waals surface area contributed by atoms with Crippen LogP contribution in [0.3, 0.4) is 0 Å². The summed E-state index contributed by atoms with van der Waals surface area (Å²) in [5, 5.41) is 64.9. The Balaban J connectivity index is 1.45. The van der Waals surface area contributed by atoms with Crippen LogP contribution < -0.4 is 20.9 Å². The lowest BCUT2D eigenvalue weighted by atomic mass is 9.75. The van der Waals surface area contributed by atoms with Crippen LogP contribution in [-0.4, -0.2) is 78.6 Å². The number of phenols is 1. The highest BCUT2D eigenvalue weighted by atomic mass is 16.7. The lowest BCUT2D eigenvalue weighted by Crippen LogP contribution is -2.67. The number of hydrogen-bond donors (Lipinski definition) is 8. The van der Waals surface area contributed by atoms with Gasteiger partial charge in [0.05, 0.1) is 24.4 Å². The van der Waals surface area contributed by atoms with Crippen molar-refractivity contribution in [2.45, 2.75) is 76.3 Å². The molecule has 0 radical (unpaired) electrons. The van der Waals surface area contributed by atoms with Crippen LogP contribution in [0.4, 0.5) is 0 Å². The summed E-state index contributed by atoms with van der Waals surface area (Å²) >= 11 is 0. The molecule has 286 valence electrons. The molecule has 14 nitrogen and oxygen atoms in total. The summed E-state index contributed by atoms with van der Waals surface area (Å²) < 4.78 is 17.3. The predicted molar refractivity (Wildman–Crippen MR) is 196 cm³/mol.